The number of aromatic nitrogens is 4. The van der Waals surface area contributed by atoms with Gasteiger partial charge in [0.2, 0.25) is 17.4 Å². The fraction of sp³-hybridized carbons (Fsp3) is 0.407. The van der Waals surface area contributed by atoms with E-state index < -0.39 is 11.3 Å². The molecule has 3 aromatic heterocycles. The standard InChI is InChI=1S/C27H32FN7O3S2/c1-29-7-10-34(39)16-19-13-20(28)6-5-18(19)14-21-15-30-25(40-21)23-24(37)26(38)35-12-11-33(27(35)31-23)17-22(36)32-8-3-2-4-9-32/h5-6,11-13,15,29,37,39H,2-4,7-10,14,16-17H2,1H3. The van der Waals surface area contributed by atoms with Gasteiger partial charge in [0.05, 0.1) is 0 Å². The number of thiol groups is 1. The van der Waals surface area contributed by atoms with E-state index in [4.69, 9.17) is 0 Å². The molecule has 5 rings (SSSR count). The molecule has 0 atom stereocenters. The topological polar surface area (TPSA) is 108 Å². The first-order valence-electron chi connectivity index (χ1n) is 13.2. The highest BCUT2D eigenvalue weighted by molar-refractivity contribution is 7.77. The van der Waals surface area contributed by atoms with E-state index in [0.717, 1.165) is 54.9 Å². The van der Waals surface area contributed by atoms with E-state index in [2.05, 4.69) is 28.1 Å². The van der Waals surface area contributed by atoms with Crippen molar-refractivity contribution in [2.45, 2.75) is 38.8 Å². The Morgan fingerprint density at radius 3 is 2.80 bits per heavy atom. The Hall–Kier alpha value is -3.26. The number of nitrogens with one attached hydrogen (secondary N) is 1. The first-order chi connectivity index (χ1) is 19.3. The van der Waals surface area contributed by atoms with Gasteiger partial charge in [-0.05, 0) is 49.6 Å². The summed E-state index contributed by atoms with van der Waals surface area (Å²) in [7, 11) is 1.86. The molecule has 1 amide bonds. The summed E-state index contributed by atoms with van der Waals surface area (Å²) in [5.74, 6) is -0.588. The molecule has 0 saturated carbocycles. The molecule has 1 aliphatic rings. The number of imidazole rings is 1. The number of halogens is 1. The first kappa shape index (κ1) is 28.3. The summed E-state index contributed by atoms with van der Waals surface area (Å²) in [5.41, 5.74) is 1.19. The quantitative estimate of drug-likeness (QED) is 0.246. The number of benzene rings is 1. The maximum atomic E-state index is 14.1. The van der Waals surface area contributed by atoms with Crippen LogP contribution in [0.2, 0.25) is 0 Å². The lowest BCUT2D eigenvalue weighted by Crippen LogP contribution is -2.37. The number of hydrogen-bond acceptors (Lipinski definition) is 9. The Morgan fingerprint density at radius 2 is 2.02 bits per heavy atom. The number of amides is 1. The molecule has 40 heavy (non-hydrogen) atoms. The van der Waals surface area contributed by atoms with E-state index in [1.807, 2.05) is 16.3 Å². The molecule has 0 bridgehead atoms. The van der Waals surface area contributed by atoms with Crippen LogP contribution >= 0.6 is 24.2 Å². The summed E-state index contributed by atoms with van der Waals surface area (Å²) in [6.07, 6.45) is 8.39. The summed E-state index contributed by atoms with van der Waals surface area (Å²) in [6, 6.07) is 4.70. The van der Waals surface area contributed by atoms with Crippen LogP contribution in [0.1, 0.15) is 35.3 Å². The van der Waals surface area contributed by atoms with Gasteiger partial charge in [-0.15, -0.1) is 11.3 Å². The normalized spacial score (nSPS) is 13.9. The van der Waals surface area contributed by atoms with E-state index in [0.29, 0.717) is 24.5 Å². The van der Waals surface area contributed by atoms with Gasteiger partial charge < -0.3 is 19.9 Å². The molecule has 10 nitrogen and oxygen atoms in total. The highest BCUT2D eigenvalue weighted by Crippen LogP contribution is 2.31. The molecule has 0 unspecified atom stereocenters. The van der Waals surface area contributed by atoms with Gasteiger partial charge >= 0.3 is 5.56 Å². The number of hydrogen-bond donors (Lipinski definition) is 3. The molecular formula is C27H32FN7O3S2. The number of rotatable bonds is 10. The second-order valence-electron chi connectivity index (χ2n) is 9.86. The predicted molar refractivity (Wildman–Crippen MR) is 155 cm³/mol. The number of likely N-dealkylation sites (N-methyl/N-ethyl adjacent to an activating group) is 1. The molecular weight excluding hydrogens is 553 g/mol. The molecule has 1 fully saturated rings. The van der Waals surface area contributed by atoms with Crippen molar-refractivity contribution < 1.29 is 14.3 Å². The monoisotopic (exact) mass is 585 g/mol. The second-order valence-corrected chi connectivity index (χ2v) is 11.5. The Labute approximate surface area is 240 Å². The van der Waals surface area contributed by atoms with Crippen LogP contribution in [0, 0.1) is 5.82 Å². The highest BCUT2D eigenvalue weighted by Gasteiger charge is 2.22. The minimum Gasteiger partial charge on any atom is -0.501 e. The van der Waals surface area contributed by atoms with Gasteiger partial charge in [-0.25, -0.2) is 23.1 Å². The third kappa shape index (κ3) is 6.22. The van der Waals surface area contributed by atoms with Crippen LogP contribution in [0.3, 0.4) is 0 Å². The molecule has 212 valence electrons. The number of likely N-dealkylation sites (tertiary alicyclic amines) is 1. The number of piperidine rings is 1. The Kier molecular flexibility index (Phi) is 8.84. The van der Waals surface area contributed by atoms with Crippen LogP contribution in [0.4, 0.5) is 4.39 Å². The zero-order valence-corrected chi connectivity index (χ0v) is 23.9. The minimum atomic E-state index is -0.628. The van der Waals surface area contributed by atoms with Crippen molar-refractivity contribution in [2.24, 2.45) is 0 Å². The number of nitrogens with zero attached hydrogens (tertiary/aromatic N) is 6. The first-order valence-corrected chi connectivity index (χ1v) is 14.4. The molecule has 1 aromatic carbocycles. The van der Waals surface area contributed by atoms with Gasteiger partial charge in [0.1, 0.15) is 17.4 Å². The third-order valence-electron chi connectivity index (χ3n) is 7.00. The van der Waals surface area contributed by atoms with Crippen LogP contribution in [0.25, 0.3) is 16.5 Å². The fourth-order valence-electron chi connectivity index (χ4n) is 4.84. The molecule has 0 spiro atoms. The van der Waals surface area contributed by atoms with E-state index in [1.54, 1.807) is 23.0 Å². The summed E-state index contributed by atoms with van der Waals surface area (Å²) in [4.78, 5) is 37.5. The van der Waals surface area contributed by atoms with Gasteiger partial charge in [-0.3, -0.25) is 9.59 Å². The summed E-state index contributed by atoms with van der Waals surface area (Å²) < 4.78 is 18.7. The van der Waals surface area contributed by atoms with E-state index in [-0.39, 0.29) is 29.7 Å². The number of fused-ring (bicyclic) bond motifs is 1. The minimum absolute atomic E-state index is 0.0287. The van der Waals surface area contributed by atoms with E-state index in [9.17, 15) is 19.1 Å². The Bertz CT molecular complexity index is 1560. The summed E-state index contributed by atoms with van der Waals surface area (Å²) in [5, 5.41) is 14.2. The number of carbonyl (C=O) groups excluding carboxylic acids is 1. The van der Waals surface area contributed by atoms with Gasteiger partial charge in [-0.1, -0.05) is 18.9 Å². The van der Waals surface area contributed by atoms with Crippen molar-refractivity contribution >= 4 is 35.8 Å². The molecule has 0 aliphatic carbocycles. The maximum Gasteiger partial charge on any atom is 0.302 e. The summed E-state index contributed by atoms with van der Waals surface area (Å²) in [6.45, 7) is 3.43. The average Bonchev–Trinajstić information content (AvgIpc) is 3.58. The zero-order chi connectivity index (χ0) is 28.2. The van der Waals surface area contributed by atoms with Crippen LogP contribution in [-0.2, 0) is 24.3 Å². The molecule has 13 heteroatoms. The molecule has 4 aromatic rings. The van der Waals surface area contributed by atoms with Crippen LogP contribution < -0.4 is 10.9 Å². The van der Waals surface area contributed by atoms with Gasteiger partial charge in [-0.2, -0.15) is 0 Å². The average molecular weight is 586 g/mol. The third-order valence-corrected chi connectivity index (χ3v) is 8.35. The maximum absolute atomic E-state index is 14.1. The molecule has 4 heterocycles. The van der Waals surface area contributed by atoms with E-state index in [1.165, 1.54) is 34.1 Å². The zero-order valence-electron chi connectivity index (χ0n) is 22.2. The van der Waals surface area contributed by atoms with Crippen molar-refractivity contribution in [2.75, 3.05) is 33.2 Å². The number of thiazole rings is 1. The molecule has 0 radical (unpaired) electrons. The predicted octanol–water partition coefficient (Wildman–Crippen LogP) is 2.93. The lowest BCUT2D eigenvalue weighted by molar-refractivity contribution is -0.132. The fourth-order valence-corrected chi connectivity index (χ4v) is 6.02. The molecule has 1 saturated heterocycles. The largest absolute Gasteiger partial charge is 0.501 e. The van der Waals surface area contributed by atoms with E-state index >= 15 is 0 Å². The van der Waals surface area contributed by atoms with Crippen LogP contribution in [0.15, 0.2) is 41.6 Å². The van der Waals surface area contributed by atoms with Gasteiger partial charge in [0, 0.05) is 62.6 Å². The number of aromatic hydroxyl groups is 1. The van der Waals surface area contributed by atoms with Gasteiger partial charge in [0.25, 0.3) is 0 Å². The van der Waals surface area contributed by atoms with Crippen molar-refractivity contribution in [1.29, 1.82) is 0 Å². The SMILES string of the molecule is CNCCN(S)Cc1cc(F)ccc1Cc1cnc(-c2nc3n(CC(=O)N4CCCCC4)ccn3c(=O)c2O)s1. The Balaban J connectivity index is 1.40. The van der Waals surface area contributed by atoms with Crippen molar-refractivity contribution in [1.82, 2.24) is 33.5 Å². The smallest absolute Gasteiger partial charge is 0.302 e. The van der Waals surface area contributed by atoms with Crippen LogP contribution in [-0.4, -0.2) is 72.4 Å². The second kappa shape index (κ2) is 12.5. The number of carbonyl (C=O) groups is 1. The van der Waals surface area contributed by atoms with Crippen molar-refractivity contribution in [3.63, 3.8) is 0 Å². The highest BCUT2D eigenvalue weighted by atomic mass is 32.1. The lowest BCUT2D eigenvalue weighted by Gasteiger charge is -2.26. The lowest BCUT2D eigenvalue weighted by atomic mass is 10.0. The molecule has 1 aliphatic heterocycles. The van der Waals surface area contributed by atoms with Crippen LogP contribution in [0.5, 0.6) is 5.75 Å². The Morgan fingerprint density at radius 1 is 1.23 bits per heavy atom. The van der Waals surface area contributed by atoms with Gasteiger partial charge in [0.15, 0.2) is 5.69 Å². The van der Waals surface area contributed by atoms with Crippen molar-refractivity contribution in [3.8, 4) is 16.5 Å². The summed E-state index contributed by atoms with van der Waals surface area (Å²) >= 11 is 5.81. The van der Waals surface area contributed by atoms with Crippen molar-refractivity contribution in [3.05, 3.63) is 69.0 Å². The molecule has 2 N–H and O–H groups in total.